The molecule has 0 aliphatic rings. The molecule has 6 nitrogen and oxygen atoms in total. The van der Waals surface area contributed by atoms with Gasteiger partial charge in [0.05, 0.1) is 5.75 Å². The average molecular weight is 297 g/mol. The molecule has 0 aliphatic heterocycles. The number of rotatable bonds is 5. The van der Waals surface area contributed by atoms with Crippen molar-refractivity contribution in [1.29, 1.82) is 0 Å². The Balaban J connectivity index is 2.96. The van der Waals surface area contributed by atoms with Crippen LogP contribution in [0.4, 0.5) is 4.39 Å². The molecule has 1 aromatic carbocycles. The Morgan fingerprint density at radius 1 is 1.28 bits per heavy atom. The molecule has 1 rings (SSSR count). The molecule has 2 N–H and O–H groups in total. The van der Waals surface area contributed by atoms with E-state index in [4.69, 9.17) is 9.88 Å². The molecule has 0 aliphatic carbocycles. The van der Waals surface area contributed by atoms with Gasteiger partial charge in [0, 0.05) is 6.26 Å². The van der Waals surface area contributed by atoms with Crippen LogP contribution < -0.4 is 9.88 Å². The summed E-state index contributed by atoms with van der Waals surface area (Å²) in [6.45, 7) is -0.243. The van der Waals surface area contributed by atoms with Crippen LogP contribution >= 0.6 is 0 Å². The van der Waals surface area contributed by atoms with Crippen molar-refractivity contribution in [2.45, 2.75) is 4.90 Å². The van der Waals surface area contributed by atoms with Gasteiger partial charge in [-0.2, -0.15) is 0 Å². The summed E-state index contributed by atoms with van der Waals surface area (Å²) < 4.78 is 62.0. The summed E-state index contributed by atoms with van der Waals surface area (Å²) in [5, 5.41) is 4.89. The molecule has 0 saturated heterocycles. The summed E-state index contributed by atoms with van der Waals surface area (Å²) in [5.74, 6) is -1.24. The normalized spacial score (nSPS) is 12.4. The summed E-state index contributed by atoms with van der Waals surface area (Å²) >= 11 is 0. The Labute approximate surface area is 105 Å². The van der Waals surface area contributed by atoms with Gasteiger partial charge in [-0.05, 0) is 18.2 Å². The number of nitrogens with two attached hydrogens (primary N) is 1. The van der Waals surface area contributed by atoms with Gasteiger partial charge in [-0.15, -0.1) is 0 Å². The van der Waals surface area contributed by atoms with Gasteiger partial charge >= 0.3 is 0 Å². The Bertz CT molecular complexity index is 639. The van der Waals surface area contributed by atoms with E-state index in [-0.39, 0.29) is 18.1 Å². The van der Waals surface area contributed by atoms with Crippen LogP contribution in [0.3, 0.4) is 0 Å². The molecule has 0 heterocycles. The van der Waals surface area contributed by atoms with Gasteiger partial charge in [0.25, 0.3) is 0 Å². The molecule has 18 heavy (non-hydrogen) atoms. The number of primary sulfonamides is 1. The summed E-state index contributed by atoms with van der Waals surface area (Å²) in [6.07, 6.45) is 1.02. The number of sulfonamides is 1. The fraction of sp³-hybridized carbons (Fsp3) is 0.333. The molecule has 0 spiro atoms. The predicted octanol–water partition coefficient (Wildman–Crippen LogP) is -0.103. The van der Waals surface area contributed by atoms with Crippen molar-refractivity contribution in [2.24, 2.45) is 5.14 Å². The molecule has 9 heteroatoms. The van der Waals surface area contributed by atoms with Gasteiger partial charge in [-0.3, -0.25) is 0 Å². The maximum absolute atomic E-state index is 12.9. The highest BCUT2D eigenvalue weighted by Gasteiger charge is 2.16. The van der Waals surface area contributed by atoms with E-state index in [2.05, 4.69) is 0 Å². The number of halogens is 1. The van der Waals surface area contributed by atoms with E-state index in [1.807, 2.05) is 0 Å². The first kappa shape index (κ1) is 14.9. The van der Waals surface area contributed by atoms with Crippen LogP contribution in [0, 0.1) is 5.82 Å². The van der Waals surface area contributed by atoms with Gasteiger partial charge in [0.15, 0.2) is 9.84 Å². The lowest BCUT2D eigenvalue weighted by molar-refractivity contribution is 0.331. The van der Waals surface area contributed by atoms with Crippen LogP contribution in [0.2, 0.25) is 0 Å². The van der Waals surface area contributed by atoms with Crippen molar-refractivity contribution >= 4 is 19.9 Å². The first-order chi connectivity index (χ1) is 8.09. The highest BCUT2D eigenvalue weighted by molar-refractivity contribution is 7.90. The molecule has 0 amide bonds. The highest BCUT2D eigenvalue weighted by atomic mass is 32.2. The number of ether oxygens (including phenoxy) is 1. The molecule has 0 aromatic heterocycles. The summed E-state index contributed by atoms with van der Waals surface area (Å²) in [5.41, 5.74) is 0. The van der Waals surface area contributed by atoms with Crippen molar-refractivity contribution in [3.8, 4) is 5.75 Å². The Morgan fingerprint density at radius 2 is 1.89 bits per heavy atom. The third kappa shape index (κ3) is 4.59. The lowest BCUT2D eigenvalue weighted by Gasteiger charge is -2.09. The maximum Gasteiger partial charge on any atom is 0.241 e. The number of hydrogen-bond donors (Lipinski definition) is 1. The zero-order valence-corrected chi connectivity index (χ0v) is 11.1. The second kappa shape index (κ2) is 5.21. The van der Waals surface area contributed by atoms with Gasteiger partial charge in [0.1, 0.15) is 23.1 Å². The summed E-state index contributed by atoms with van der Waals surface area (Å²) in [6, 6.07) is 2.78. The van der Waals surface area contributed by atoms with Crippen molar-refractivity contribution in [3.63, 3.8) is 0 Å². The number of sulfone groups is 1. The molecule has 0 bridgehead atoms. The number of benzene rings is 1. The van der Waals surface area contributed by atoms with Crippen LogP contribution in [0.1, 0.15) is 0 Å². The topological polar surface area (TPSA) is 104 Å². The van der Waals surface area contributed by atoms with E-state index in [1.165, 1.54) is 0 Å². The quantitative estimate of drug-likeness (QED) is 0.817. The van der Waals surface area contributed by atoms with Crippen molar-refractivity contribution in [3.05, 3.63) is 24.0 Å². The monoisotopic (exact) mass is 297 g/mol. The first-order valence-electron chi connectivity index (χ1n) is 4.72. The van der Waals surface area contributed by atoms with Crippen molar-refractivity contribution in [1.82, 2.24) is 0 Å². The largest absolute Gasteiger partial charge is 0.491 e. The minimum absolute atomic E-state index is 0.178. The second-order valence-electron chi connectivity index (χ2n) is 3.61. The maximum atomic E-state index is 12.9. The zero-order chi connectivity index (χ0) is 14.0. The van der Waals surface area contributed by atoms with Gasteiger partial charge in [-0.25, -0.2) is 26.4 Å². The average Bonchev–Trinajstić information content (AvgIpc) is 2.17. The van der Waals surface area contributed by atoms with E-state index < -0.39 is 30.6 Å². The zero-order valence-electron chi connectivity index (χ0n) is 9.46. The Hall–Kier alpha value is -1.19. The molecule has 0 radical (unpaired) electrons. The molecule has 0 unspecified atom stereocenters. The van der Waals surface area contributed by atoms with Crippen molar-refractivity contribution in [2.75, 3.05) is 18.6 Å². The molecular weight excluding hydrogens is 285 g/mol. The van der Waals surface area contributed by atoms with Crippen LogP contribution in [0.25, 0.3) is 0 Å². The molecule has 0 fully saturated rings. The molecule has 1 aromatic rings. The van der Waals surface area contributed by atoms with Gasteiger partial charge < -0.3 is 4.74 Å². The minimum atomic E-state index is -4.14. The first-order valence-corrected chi connectivity index (χ1v) is 8.33. The number of hydrogen-bond acceptors (Lipinski definition) is 5. The third-order valence-electron chi connectivity index (χ3n) is 1.92. The fourth-order valence-corrected chi connectivity index (χ4v) is 2.20. The predicted molar refractivity (Wildman–Crippen MR) is 63.0 cm³/mol. The Morgan fingerprint density at radius 3 is 2.39 bits per heavy atom. The molecule has 0 atom stereocenters. The molecule has 0 saturated carbocycles. The minimum Gasteiger partial charge on any atom is -0.491 e. The summed E-state index contributed by atoms with van der Waals surface area (Å²) in [7, 11) is -7.37. The highest BCUT2D eigenvalue weighted by Crippen LogP contribution is 2.23. The third-order valence-corrected chi connectivity index (χ3v) is 3.76. The van der Waals surface area contributed by atoms with E-state index in [0.29, 0.717) is 6.07 Å². The van der Waals surface area contributed by atoms with Gasteiger partial charge in [-0.1, -0.05) is 0 Å². The molecule has 102 valence electrons. The van der Waals surface area contributed by atoms with E-state index in [9.17, 15) is 21.2 Å². The fourth-order valence-electron chi connectivity index (χ4n) is 1.13. The summed E-state index contributed by atoms with van der Waals surface area (Å²) in [4.78, 5) is -0.518. The smallest absolute Gasteiger partial charge is 0.241 e. The van der Waals surface area contributed by atoms with Crippen LogP contribution in [0.15, 0.2) is 23.1 Å². The van der Waals surface area contributed by atoms with Crippen molar-refractivity contribution < 1.29 is 26.0 Å². The Kier molecular flexibility index (Phi) is 4.30. The lowest BCUT2D eigenvalue weighted by Crippen LogP contribution is -2.17. The molecular formula is C9H12FNO5S2. The van der Waals surface area contributed by atoms with Crippen LogP contribution in [0.5, 0.6) is 5.75 Å². The lowest BCUT2D eigenvalue weighted by atomic mass is 10.3. The van der Waals surface area contributed by atoms with Crippen LogP contribution in [-0.4, -0.2) is 35.5 Å². The second-order valence-corrected chi connectivity index (χ2v) is 7.40. The van der Waals surface area contributed by atoms with E-state index in [1.54, 1.807) is 0 Å². The van der Waals surface area contributed by atoms with Gasteiger partial charge in [0.2, 0.25) is 10.0 Å². The SMILES string of the molecule is CS(=O)(=O)CCOc1ccc(F)cc1S(N)(=O)=O. The van der Waals surface area contributed by atoms with E-state index in [0.717, 1.165) is 18.4 Å². The van der Waals surface area contributed by atoms with Crippen LogP contribution in [-0.2, 0) is 19.9 Å². The standard InChI is InChI=1S/C9H12FNO5S2/c1-17(12,13)5-4-16-8-3-2-7(10)6-9(8)18(11,14)15/h2-3,6H,4-5H2,1H3,(H2,11,14,15). The van der Waals surface area contributed by atoms with E-state index >= 15 is 0 Å².